The van der Waals surface area contributed by atoms with Crippen molar-refractivity contribution in [3.63, 3.8) is 0 Å². The van der Waals surface area contributed by atoms with E-state index in [1.54, 1.807) is 0 Å². The van der Waals surface area contributed by atoms with Gasteiger partial charge in [-0.1, -0.05) is 0 Å². The third kappa shape index (κ3) is 10300. The van der Waals surface area contributed by atoms with E-state index in [1.807, 2.05) is 0 Å². The Labute approximate surface area is 50.9 Å². The molecule has 0 aromatic carbocycles. The molecule has 52 valence electrons. The SMILES string of the molecule is CC(=O)[O-].[F][Ru+]([F])[F]. The zero-order valence-electron chi connectivity index (χ0n) is 3.80. The van der Waals surface area contributed by atoms with Crippen LogP contribution in [-0.4, -0.2) is 5.97 Å². The number of aliphatic carboxylic acids is 1. The molecule has 0 aliphatic rings. The molecule has 0 bridgehead atoms. The third-order valence-electron chi connectivity index (χ3n) is 0. The van der Waals surface area contributed by atoms with Crippen molar-refractivity contribution in [3.05, 3.63) is 0 Å². The Bertz CT molecular complexity index is 59.5. The topological polar surface area (TPSA) is 40.1 Å². The van der Waals surface area contributed by atoms with E-state index in [-0.39, 0.29) is 0 Å². The number of halogens is 3. The first-order valence-electron chi connectivity index (χ1n) is 1.31. The number of carbonyl (C=O) groups excluding carboxylic acids is 1. The second kappa shape index (κ2) is 6.88. The summed E-state index contributed by atoms with van der Waals surface area (Å²) >= 11 is -4.67. The fourth-order valence-electron chi connectivity index (χ4n) is 0. The van der Waals surface area contributed by atoms with Crippen molar-refractivity contribution in [2.75, 3.05) is 0 Å². The predicted octanol–water partition coefficient (Wildman–Crippen LogP) is 0.0143. The van der Waals surface area contributed by atoms with E-state index in [0.29, 0.717) is 0 Å². The van der Waals surface area contributed by atoms with Crippen molar-refractivity contribution in [2.45, 2.75) is 6.92 Å². The number of carboxylic acid groups (broad SMARTS) is 1. The third-order valence-corrected chi connectivity index (χ3v) is 0. The van der Waals surface area contributed by atoms with Gasteiger partial charge in [-0.2, -0.15) is 0 Å². The van der Waals surface area contributed by atoms with Crippen LogP contribution in [0, 0.1) is 0 Å². The number of carboxylic acids is 1. The van der Waals surface area contributed by atoms with Gasteiger partial charge in [-0.05, 0) is 6.92 Å². The summed E-state index contributed by atoms with van der Waals surface area (Å²) in [5, 5.41) is 8.89. The molecule has 0 atom stereocenters. The molecule has 0 rings (SSSR count). The molecular formula is C2H3F3O2Ru. The van der Waals surface area contributed by atoms with Gasteiger partial charge < -0.3 is 9.90 Å². The molecule has 0 heterocycles. The van der Waals surface area contributed by atoms with Crippen molar-refractivity contribution in [2.24, 2.45) is 0 Å². The molecule has 6 heteroatoms. The molecule has 0 unspecified atom stereocenters. The molecule has 0 saturated heterocycles. The van der Waals surface area contributed by atoms with E-state index in [2.05, 4.69) is 0 Å². The Morgan fingerprint density at radius 2 is 1.50 bits per heavy atom. The van der Waals surface area contributed by atoms with Gasteiger partial charge in [0.05, 0.1) is 0 Å². The van der Waals surface area contributed by atoms with Gasteiger partial charge in [-0.3, -0.25) is 0 Å². The monoisotopic (exact) mass is 218 g/mol. The van der Waals surface area contributed by atoms with Crippen molar-refractivity contribution < 1.29 is 37.3 Å². The first-order chi connectivity index (χ1) is 3.46. The summed E-state index contributed by atoms with van der Waals surface area (Å²) < 4.78 is 29.4. The molecular weight excluding hydrogens is 214 g/mol. The van der Waals surface area contributed by atoms with Crippen LogP contribution < -0.4 is 5.11 Å². The van der Waals surface area contributed by atoms with Gasteiger partial charge in [0.25, 0.3) is 0 Å². The minimum atomic E-state index is -4.67. The molecule has 0 amide bonds. The Hall–Kier alpha value is -0.117. The van der Waals surface area contributed by atoms with Crippen molar-refractivity contribution in [1.29, 1.82) is 0 Å². The van der Waals surface area contributed by atoms with Gasteiger partial charge in [0, 0.05) is 5.97 Å². The fourth-order valence-corrected chi connectivity index (χ4v) is 0. The van der Waals surface area contributed by atoms with Gasteiger partial charge in [0.15, 0.2) is 0 Å². The van der Waals surface area contributed by atoms with Crippen LogP contribution >= 0.6 is 0 Å². The Morgan fingerprint density at radius 1 is 1.50 bits per heavy atom. The number of rotatable bonds is 0. The van der Waals surface area contributed by atoms with E-state index in [0.717, 1.165) is 6.92 Å². The quantitative estimate of drug-likeness (QED) is 0.536. The Kier molecular flexibility index (Phi) is 9.28. The number of hydrogen-bond acceptors (Lipinski definition) is 2. The molecule has 0 aromatic rings. The van der Waals surface area contributed by atoms with Gasteiger partial charge in [-0.25, -0.2) is 0 Å². The molecule has 0 aliphatic heterocycles. The first-order valence-corrected chi connectivity index (χ1v) is 3.28. The standard InChI is InChI=1S/C2H4O2.3FH.Ru/c1-2(3)4;;;;/h1H3,(H,3,4);3*1H;/q;;;;+4/p-4. The molecule has 0 N–H and O–H groups in total. The van der Waals surface area contributed by atoms with Crippen molar-refractivity contribution in [3.8, 4) is 0 Å². The number of hydrogen-bond donors (Lipinski definition) is 0. The van der Waals surface area contributed by atoms with Crippen LogP contribution in [0.3, 0.4) is 0 Å². The zero-order valence-corrected chi connectivity index (χ0v) is 5.54. The van der Waals surface area contributed by atoms with Gasteiger partial charge >= 0.3 is 27.4 Å². The Balaban J connectivity index is 0. The summed E-state index contributed by atoms with van der Waals surface area (Å²) in [7, 11) is 0. The first kappa shape index (κ1) is 10.8. The summed E-state index contributed by atoms with van der Waals surface area (Å²) in [6.07, 6.45) is 0. The van der Waals surface area contributed by atoms with Gasteiger partial charge in [0.2, 0.25) is 0 Å². The molecule has 8 heavy (non-hydrogen) atoms. The molecule has 0 radical (unpaired) electrons. The molecule has 0 spiro atoms. The summed E-state index contributed by atoms with van der Waals surface area (Å²) in [6.45, 7) is 0.972. The van der Waals surface area contributed by atoms with Crippen molar-refractivity contribution in [1.82, 2.24) is 0 Å². The van der Waals surface area contributed by atoms with Crippen LogP contribution in [0.4, 0.5) is 9.95 Å². The van der Waals surface area contributed by atoms with E-state index in [9.17, 15) is 9.95 Å². The minimum absolute atomic E-state index is 0.972. The molecule has 0 saturated carbocycles. The van der Waals surface area contributed by atoms with E-state index < -0.39 is 23.4 Å². The van der Waals surface area contributed by atoms with Crippen LogP contribution in [0.15, 0.2) is 0 Å². The average molecular weight is 217 g/mol. The zero-order chi connectivity index (χ0) is 7.15. The maximum absolute atomic E-state index is 9.81. The van der Waals surface area contributed by atoms with Gasteiger partial charge in [-0.15, -0.1) is 0 Å². The van der Waals surface area contributed by atoms with Crippen molar-refractivity contribution >= 4 is 5.97 Å². The summed E-state index contributed by atoms with van der Waals surface area (Å²) in [6, 6.07) is 0. The molecule has 2 nitrogen and oxygen atoms in total. The summed E-state index contributed by atoms with van der Waals surface area (Å²) in [5.74, 6) is -1.08. The Morgan fingerprint density at radius 3 is 1.50 bits per heavy atom. The van der Waals surface area contributed by atoms with Crippen LogP contribution in [0.1, 0.15) is 6.92 Å². The maximum atomic E-state index is 9.81. The second-order valence-electron chi connectivity index (χ2n) is 0.643. The average Bonchev–Trinajstić information content (AvgIpc) is 1.25. The molecule has 0 fully saturated rings. The van der Waals surface area contributed by atoms with E-state index in [4.69, 9.17) is 9.90 Å². The van der Waals surface area contributed by atoms with E-state index >= 15 is 0 Å². The second-order valence-corrected chi connectivity index (χ2v) is 1.39. The predicted molar refractivity (Wildman–Crippen MR) is 14.0 cm³/mol. The van der Waals surface area contributed by atoms with Crippen LogP contribution in [0.5, 0.6) is 0 Å². The summed E-state index contributed by atoms with van der Waals surface area (Å²) in [4.78, 5) is 8.89. The number of carbonyl (C=O) groups is 1. The fraction of sp³-hybridized carbons (Fsp3) is 0.500. The van der Waals surface area contributed by atoms with Gasteiger partial charge in [0.1, 0.15) is 0 Å². The van der Waals surface area contributed by atoms with E-state index in [1.165, 1.54) is 0 Å². The normalized spacial score (nSPS) is 8.75. The summed E-state index contributed by atoms with van der Waals surface area (Å²) in [5.41, 5.74) is 0. The molecule has 0 aliphatic carbocycles. The van der Waals surface area contributed by atoms with Crippen LogP contribution in [0.2, 0.25) is 0 Å². The molecule has 0 aromatic heterocycles. The van der Waals surface area contributed by atoms with Crippen LogP contribution in [0.25, 0.3) is 0 Å². The van der Waals surface area contributed by atoms with Crippen LogP contribution in [-0.2, 0) is 22.2 Å².